The van der Waals surface area contributed by atoms with Gasteiger partial charge in [0.15, 0.2) is 0 Å². The Morgan fingerprint density at radius 2 is 1.00 bits per heavy atom. The van der Waals surface area contributed by atoms with Gasteiger partial charge in [0.25, 0.3) is 0 Å². The Balaban J connectivity index is -0.000000101. The van der Waals surface area contributed by atoms with Crippen LogP contribution in [-0.2, 0) is 19.1 Å². The molecule has 0 atom stereocenters. The van der Waals surface area contributed by atoms with E-state index < -0.39 is 24.2 Å². The summed E-state index contributed by atoms with van der Waals surface area (Å²) in [5.41, 5.74) is 0. The Kier molecular flexibility index (Phi) is 11.6. The molecule has 0 spiro atoms. The third-order valence-corrected chi connectivity index (χ3v) is 0.527. The zero-order valence-electron chi connectivity index (χ0n) is 9.34. The molecule has 14 heavy (non-hydrogen) atoms. The summed E-state index contributed by atoms with van der Waals surface area (Å²) in [6.07, 6.45) is -4.05. The number of esters is 2. The molecule has 0 saturated heterocycles. The molecule has 0 aromatic rings. The molecule has 0 aliphatic heterocycles. The largest absolute Gasteiger partial charge is 1.00 e. The summed E-state index contributed by atoms with van der Waals surface area (Å²) in [5.74, 6) is -3.82. The van der Waals surface area contributed by atoms with Gasteiger partial charge in [-0.3, -0.25) is 0 Å². The van der Waals surface area contributed by atoms with Crippen LogP contribution in [0.4, 0.5) is 9.59 Å². The van der Waals surface area contributed by atoms with Gasteiger partial charge in [0.1, 0.15) is 0 Å². The molecule has 2 N–H and O–H groups in total. The standard InChI is InChI=1S/C4H2O8.2Li.2H/c5-1(11-3(7)8)2(6)12-4(9)10;;;;/h(H,7,8)(H,9,10);;;;/q;2*+1;2*-1. The van der Waals surface area contributed by atoms with Gasteiger partial charge >= 0.3 is 62.0 Å². The zero-order valence-corrected chi connectivity index (χ0v) is 7.34. The molecule has 70 valence electrons. The van der Waals surface area contributed by atoms with Crippen molar-refractivity contribution in [2.45, 2.75) is 0 Å². The maximum atomic E-state index is 10.1. The normalized spacial score (nSPS) is 7.14. The molecule has 0 aromatic heterocycles. The predicted octanol–water partition coefficient (Wildman–Crippen LogP) is -6.34. The first-order valence-corrected chi connectivity index (χ1v) is 2.33. The summed E-state index contributed by atoms with van der Waals surface area (Å²) in [5, 5.41) is 15.5. The topological polar surface area (TPSA) is 127 Å². The maximum absolute atomic E-state index is 10.1. The van der Waals surface area contributed by atoms with Gasteiger partial charge < -0.3 is 22.5 Å². The van der Waals surface area contributed by atoms with Crippen molar-refractivity contribution in [2.75, 3.05) is 0 Å². The van der Waals surface area contributed by atoms with Crippen LogP contribution >= 0.6 is 0 Å². The molecule has 0 aliphatic rings. The van der Waals surface area contributed by atoms with E-state index in [1.165, 1.54) is 0 Å². The van der Waals surface area contributed by atoms with Gasteiger partial charge in [-0.2, -0.15) is 0 Å². The molecule has 0 amide bonds. The summed E-state index contributed by atoms with van der Waals surface area (Å²) in [4.78, 5) is 39.5. The minimum atomic E-state index is -2.03. The van der Waals surface area contributed by atoms with Crippen molar-refractivity contribution in [3.05, 3.63) is 0 Å². The fourth-order valence-corrected chi connectivity index (χ4v) is 0.242. The second-order valence-electron chi connectivity index (χ2n) is 1.31. The van der Waals surface area contributed by atoms with E-state index in [0.717, 1.165) is 0 Å². The number of carbonyl (C=O) groups excluding carboxylic acids is 2. The van der Waals surface area contributed by atoms with E-state index in [1.807, 2.05) is 0 Å². The second kappa shape index (κ2) is 8.66. The van der Waals surface area contributed by atoms with Crippen LogP contribution in [0.3, 0.4) is 0 Å². The SMILES string of the molecule is O=C(O)OC(=O)C(=O)OC(=O)O.[H-].[H-].[Li+].[Li+]. The molecule has 0 aromatic carbocycles. The van der Waals surface area contributed by atoms with Gasteiger partial charge in [0.05, 0.1) is 0 Å². The van der Waals surface area contributed by atoms with Gasteiger partial charge in [-0.15, -0.1) is 0 Å². The smallest absolute Gasteiger partial charge is 1.00 e. The van der Waals surface area contributed by atoms with Crippen LogP contribution in [0.25, 0.3) is 0 Å². The monoisotopic (exact) mass is 194 g/mol. The van der Waals surface area contributed by atoms with Crippen molar-refractivity contribution in [1.29, 1.82) is 0 Å². The van der Waals surface area contributed by atoms with Gasteiger partial charge in [-0.05, 0) is 0 Å². The van der Waals surface area contributed by atoms with E-state index in [0.29, 0.717) is 0 Å². The Labute approximate surface area is 104 Å². The van der Waals surface area contributed by atoms with Crippen molar-refractivity contribution in [1.82, 2.24) is 0 Å². The number of hydrogen-bond donors (Lipinski definition) is 2. The second-order valence-corrected chi connectivity index (χ2v) is 1.31. The van der Waals surface area contributed by atoms with Crippen LogP contribution in [0, 0.1) is 0 Å². The van der Waals surface area contributed by atoms with Crippen LogP contribution < -0.4 is 37.7 Å². The number of carbonyl (C=O) groups is 4. The van der Waals surface area contributed by atoms with E-state index in [1.54, 1.807) is 0 Å². The van der Waals surface area contributed by atoms with E-state index in [4.69, 9.17) is 10.2 Å². The first-order valence-electron chi connectivity index (χ1n) is 2.33. The molecule has 10 heteroatoms. The summed E-state index contributed by atoms with van der Waals surface area (Å²) in [7, 11) is 0. The van der Waals surface area contributed by atoms with Crippen molar-refractivity contribution >= 4 is 24.2 Å². The zero-order chi connectivity index (χ0) is 9.72. The van der Waals surface area contributed by atoms with Crippen LogP contribution in [0.15, 0.2) is 0 Å². The van der Waals surface area contributed by atoms with Crippen molar-refractivity contribution in [2.24, 2.45) is 0 Å². The average Bonchev–Trinajstić information content (AvgIpc) is 1.84. The molecule has 0 saturated carbocycles. The molecule has 0 rings (SSSR count). The summed E-state index contributed by atoms with van der Waals surface area (Å²) < 4.78 is 6.51. The number of ether oxygens (including phenoxy) is 2. The van der Waals surface area contributed by atoms with Crippen LogP contribution in [0.2, 0.25) is 0 Å². The Hall–Kier alpha value is -0.925. The van der Waals surface area contributed by atoms with Crippen molar-refractivity contribution < 1.29 is 79.4 Å². The Morgan fingerprint density at radius 3 is 1.14 bits per heavy atom. The van der Waals surface area contributed by atoms with E-state index in [9.17, 15) is 19.2 Å². The summed E-state index contributed by atoms with van der Waals surface area (Å²) >= 11 is 0. The van der Waals surface area contributed by atoms with Crippen LogP contribution in [-0.4, -0.2) is 34.5 Å². The third-order valence-electron chi connectivity index (χ3n) is 0.527. The molecule has 0 heterocycles. The summed E-state index contributed by atoms with van der Waals surface area (Å²) in [6.45, 7) is 0. The Morgan fingerprint density at radius 1 is 0.786 bits per heavy atom. The van der Waals surface area contributed by atoms with Gasteiger partial charge in [-0.1, -0.05) is 0 Å². The van der Waals surface area contributed by atoms with Gasteiger partial charge in [-0.25, -0.2) is 19.2 Å². The molecule has 8 nitrogen and oxygen atoms in total. The molecule has 0 radical (unpaired) electrons. The van der Waals surface area contributed by atoms with Gasteiger partial charge in [0.2, 0.25) is 0 Å². The van der Waals surface area contributed by atoms with E-state index >= 15 is 0 Å². The fraction of sp³-hybridized carbons (Fsp3) is 0. The number of rotatable bonds is 0. The molecular formula is C4H4Li2O8. The number of hydrogen-bond acceptors (Lipinski definition) is 6. The first kappa shape index (κ1) is 18.8. The molecule has 0 fully saturated rings. The minimum Gasteiger partial charge on any atom is -1.00 e. The molecular weight excluding hydrogens is 190 g/mol. The molecule has 0 unspecified atom stereocenters. The Bertz CT molecular complexity index is 230. The average molecular weight is 194 g/mol. The molecule has 0 bridgehead atoms. The minimum absolute atomic E-state index is 0. The first-order chi connectivity index (χ1) is 5.43. The van der Waals surface area contributed by atoms with Crippen LogP contribution in [0.5, 0.6) is 0 Å². The third kappa shape index (κ3) is 9.17. The van der Waals surface area contributed by atoms with Crippen LogP contribution in [0.1, 0.15) is 2.85 Å². The quantitative estimate of drug-likeness (QED) is 0.168. The van der Waals surface area contributed by atoms with Crippen molar-refractivity contribution in [3.8, 4) is 0 Å². The maximum Gasteiger partial charge on any atom is 1.00 e. The molecule has 0 aliphatic carbocycles. The fourth-order valence-electron chi connectivity index (χ4n) is 0.242. The van der Waals surface area contributed by atoms with Gasteiger partial charge in [0, 0.05) is 0 Å². The number of carboxylic acid groups (broad SMARTS) is 2. The predicted molar refractivity (Wildman–Crippen MR) is 30.5 cm³/mol. The summed E-state index contributed by atoms with van der Waals surface area (Å²) in [6, 6.07) is 0. The van der Waals surface area contributed by atoms with E-state index in [-0.39, 0.29) is 40.6 Å². The van der Waals surface area contributed by atoms with Crippen molar-refractivity contribution in [3.63, 3.8) is 0 Å². The van der Waals surface area contributed by atoms with E-state index in [2.05, 4.69) is 9.47 Å².